The second-order valence-corrected chi connectivity index (χ2v) is 5.93. The number of aromatic nitrogens is 1. The lowest BCUT2D eigenvalue weighted by atomic mass is 10.4. The number of nitrogens with one attached hydrogen (secondary N) is 1. The van der Waals surface area contributed by atoms with Crippen molar-refractivity contribution in [3.8, 4) is 0 Å². The average molecular weight is 439 g/mol. The van der Waals surface area contributed by atoms with Crippen LogP contribution in [-0.2, 0) is 11.2 Å². The monoisotopic (exact) mass is 439 g/mol. The Labute approximate surface area is 154 Å². The number of guanidine groups is 1. The summed E-state index contributed by atoms with van der Waals surface area (Å²) < 4.78 is 0. The maximum atomic E-state index is 11.7. The Bertz CT molecular complexity index is 450. The SMILES string of the molecule is CCCNC(=NCC(=O)N(C)C)N(C)CCc1nccs1.I. The summed E-state index contributed by atoms with van der Waals surface area (Å²) in [4.78, 5) is 23.9. The van der Waals surface area contributed by atoms with E-state index in [1.54, 1.807) is 30.3 Å². The third-order valence-corrected chi connectivity index (χ3v) is 3.74. The van der Waals surface area contributed by atoms with E-state index in [4.69, 9.17) is 0 Å². The maximum absolute atomic E-state index is 11.7. The fourth-order valence-electron chi connectivity index (χ4n) is 1.58. The van der Waals surface area contributed by atoms with Crippen molar-refractivity contribution in [2.45, 2.75) is 19.8 Å². The zero-order valence-corrected chi connectivity index (χ0v) is 16.9. The molecule has 0 saturated carbocycles. The van der Waals surface area contributed by atoms with E-state index < -0.39 is 0 Å². The van der Waals surface area contributed by atoms with Gasteiger partial charge in [-0.25, -0.2) is 9.98 Å². The molecule has 0 aliphatic heterocycles. The molecule has 1 heterocycles. The van der Waals surface area contributed by atoms with Gasteiger partial charge in [0.2, 0.25) is 5.91 Å². The number of hydrogen-bond acceptors (Lipinski definition) is 4. The molecule has 1 aromatic heterocycles. The third-order valence-electron chi connectivity index (χ3n) is 2.90. The van der Waals surface area contributed by atoms with E-state index >= 15 is 0 Å². The molecule has 1 N–H and O–H groups in total. The minimum Gasteiger partial charge on any atom is -0.356 e. The van der Waals surface area contributed by atoms with Crippen LogP contribution in [0.5, 0.6) is 0 Å². The van der Waals surface area contributed by atoms with Crippen LogP contribution in [-0.4, -0.2) is 67.4 Å². The summed E-state index contributed by atoms with van der Waals surface area (Å²) >= 11 is 1.66. The van der Waals surface area contributed by atoms with Crippen molar-refractivity contribution in [3.63, 3.8) is 0 Å². The van der Waals surface area contributed by atoms with E-state index in [2.05, 4.69) is 22.2 Å². The van der Waals surface area contributed by atoms with Gasteiger partial charge in [-0.15, -0.1) is 35.3 Å². The molecule has 6 nitrogen and oxygen atoms in total. The quantitative estimate of drug-likeness (QED) is 0.399. The van der Waals surface area contributed by atoms with Gasteiger partial charge in [-0.2, -0.15) is 0 Å². The van der Waals surface area contributed by atoms with Crippen LogP contribution in [0.4, 0.5) is 0 Å². The van der Waals surface area contributed by atoms with E-state index in [0.717, 1.165) is 36.9 Å². The highest BCUT2D eigenvalue weighted by Gasteiger charge is 2.09. The highest BCUT2D eigenvalue weighted by molar-refractivity contribution is 14.0. The molecule has 0 spiro atoms. The van der Waals surface area contributed by atoms with Crippen molar-refractivity contribution in [2.75, 3.05) is 40.8 Å². The van der Waals surface area contributed by atoms with Crippen LogP contribution in [0, 0.1) is 0 Å². The molecule has 1 amide bonds. The van der Waals surface area contributed by atoms with Gasteiger partial charge in [-0.3, -0.25) is 4.79 Å². The van der Waals surface area contributed by atoms with Gasteiger partial charge >= 0.3 is 0 Å². The van der Waals surface area contributed by atoms with E-state index in [0.29, 0.717) is 0 Å². The van der Waals surface area contributed by atoms with E-state index in [1.807, 2.05) is 23.5 Å². The second-order valence-electron chi connectivity index (χ2n) is 4.95. The normalized spacial score (nSPS) is 10.8. The lowest BCUT2D eigenvalue weighted by Gasteiger charge is -2.22. The molecule has 0 aliphatic rings. The van der Waals surface area contributed by atoms with Crippen LogP contribution in [0.3, 0.4) is 0 Å². The topological polar surface area (TPSA) is 60.8 Å². The summed E-state index contributed by atoms with van der Waals surface area (Å²) in [5, 5.41) is 6.38. The summed E-state index contributed by atoms with van der Waals surface area (Å²) in [6, 6.07) is 0. The van der Waals surface area contributed by atoms with Crippen molar-refractivity contribution in [1.82, 2.24) is 20.1 Å². The minimum absolute atomic E-state index is 0. The number of nitrogens with zero attached hydrogens (tertiary/aromatic N) is 4. The summed E-state index contributed by atoms with van der Waals surface area (Å²) in [5.41, 5.74) is 0. The molecular weight excluding hydrogens is 413 g/mol. The molecule has 8 heteroatoms. The Morgan fingerprint density at radius 1 is 1.41 bits per heavy atom. The molecular formula is C14H26IN5OS. The molecule has 0 unspecified atom stereocenters. The van der Waals surface area contributed by atoms with Crippen molar-refractivity contribution >= 4 is 47.2 Å². The van der Waals surface area contributed by atoms with Crippen molar-refractivity contribution < 1.29 is 4.79 Å². The number of amides is 1. The Kier molecular flexibility index (Phi) is 11.2. The number of carbonyl (C=O) groups excluding carboxylic acids is 1. The second kappa shape index (κ2) is 11.6. The zero-order chi connectivity index (χ0) is 15.7. The molecule has 0 bridgehead atoms. The van der Waals surface area contributed by atoms with Gasteiger partial charge < -0.3 is 15.1 Å². The third kappa shape index (κ3) is 7.92. The number of halogens is 1. The Balaban J connectivity index is 0.00000441. The zero-order valence-electron chi connectivity index (χ0n) is 13.7. The first kappa shape index (κ1) is 21.1. The van der Waals surface area contributed by atoms with Gasteiger partial charge in [0.25, 0.3) is 0 Å². The summed E-state index contributed by atoms with van der Waals surface area (Å²) in [5.74, 6) is 0.766. The lowest BCUT2D eigenvalue weighted by molar-refractivity contribution is -0.127. The van der Waals surface area contributed by atoms with Crippen LogP contribution in [0.15, 0.2) is 16.6 Å². The van der Waals surface area contributed by atoms with Crippen LogP contribution in [0.25, 0.3) is 0 Å². The van der Waals surface area contributed by atoms with Crippen LogP contribution < -0.4 is 5.32 Å². The largest absolute Gasteiger partial charge is 0.356 e. The standard InChI is InChI=1S/C14H25N5OS.HI/c1-5-7-16-14(17-11-13(20)18(2)3)19(4)9-6-12-15-8-10-21-12;/h8,10H,5-7,9,11H2,1-4H3,(H,16,17);1H. The molecule has 0 aromatic carbocycles. The Morgan fingerprint density at radius 2 is 2.14 bits per heavy atom. The first-order valence-corrected chi connectivity index (χ1v) is 8.00. The lowest BCUT2D eigenvalue weighted by Crippen LogP contribution is -2.41. The molecule has 1 aromatic rings. The first-order valence-electron chi connectivity index (χ1n) is 7.12. The molecule has 126 valence electrons. The Morgan fingerprint density at radius 3 is 2.68 bits per heavy atom. The molecule has 0 aliphatic carbocycles. The van der Waals surface area contributed by atoms with Gasteiger partial charge in [0.1, 0.15) is 6.54 Å². The number of hydrogen-bond donors (Lipinski definition) is 1. The van der Waals surface area contributed by atoms with Gasteiger partial charge in [0.05, 0.1) is 5.01 Å². The predicted octanol–water partition coefficient (Wildman–Crippen LogP) is 1.68. The Hall–Kier alpha value is -0.900. The summed E-state index contributed by atoms with van der Waals surface area (Å²) in [6.45, 7) is 3.93. The van der Waals surface area contributed by atoms with Gasteiger partial charge in [-0.1, -0.05) is 6.92 Å². The fraction of sp³-hybridized carbons (Fsp3) is 0.643. The van der Waals surface area contributed by atoms with Gasteiger partial charge in [0.15, 0.2) is 5.96 Å². The predicted molar refractivity (Wildman–Crippen MR) is 103 cm³/mol. The molecule has 0 fully saturated rings. The van der Waals surface area contributed by atoms with Crippen LogP contribution in [0.2, 0.25) is 0 Å². The summed E-state index contributed by atoms with van der Waals surface area (Å²) in [6.07, 6.45) is 3.71. The number of thiazole rings is 1. The van der Waals surface area contributed by atoms with E-state index in [9.17, 15) is 4.79 Å². The maximum Gasteiger partial charge on any atom is 0.243 e. The van der Waals surface area contributed by atoms with Crippen molar-refractivity contribution in [2.24, 2.45) is 4.99 Å². The number of aliphatic imine (C=N–C) groups is 1. The molecule has 0 saturated heterocycles. The van der Waals surface area contributed by atoms with E-state index in [1.165, 1.54) is 0 Å². The number of rotatable bonds is 7. The smallest absolute Gasteiger partial charge is 0.243 e. The molecule has 22 heavy (non-hydrogen) atoms. The summed E-state index contributed by atoms with van der Waals surface area (Å²) in [7, 11) is 5.46. The first-order chi connectivity index (χ1) is 10.0. The molecule has 0 atom stereocenters. The fourth-order valence-corrected chi connectivity index (χ4v) is 2.19. The highest BCUT2D eigenvalue weighted by atomic mass is 127. The van der Waals surface area contributed by atoms with Crippen LogP contribution in [0.1, 0.15) is 18.4 Å². The average Bonchev–Trinajstić information content (AvgIpc) is 2.97. The number of likely N-dealkylation sites (N-methyl/N-ethyl adjacent to an activating group) is 2. The van der Waals surface area contributed by atoms with Crippen LogP contribution >= 0.6 is 35.3 Å². The molecule has 1 rings (SSSR count). The van der Waals surface area contributed by atoms with Gasteiger partial charge in [-0.05, 0) is 6.42 Å². The number of carbonyl (C=O) groups is 1. The van der Waals surface area contributed by atoms with E-state index in [-0.39, 0.29) is 36.4 Å². The van der Waals surface area contributed by atoms with Crippen molar-refractivity contribution in [1.29, 1.82) is 0 Å². The minimum atomic E-state index is -0.000813. The van der Waals surface area contributed by atoms with Gasteiger partial charge in [0, 0.05) is 52.2 Å². The molecule has 0 radical (unpaired) electrons. The highest BCUT2D eigenvalue weighted by Crippen LogP contribution is 2.05. The van der Waals surface area contributed by atoms with Crippen molar-refractivity contribution in [3.05, 3.63) is 16.6 Å².